The standard InChI is InChI=1S/C14H17FN2O3/c1-9(10-4-6-11(15)7-5-10)16-14(20)17-8-2-3-12(17)13(18)19/h4-7,9,12H,2-3,8H2,1H3,(H,16,20)(H,18,19). The van der Waals surface area contributed by atoms with E-state index in [1.54, 1.807) is 19.1 Å². The molecule has 0 aliphatic carbocycles. The van der Waals surface area contributed by atoms with Crippen molar-refractivity contribution >= 4 is 12.0 Å². The van der Waals surface area contributed by atoms with Crippen molar-refractivity contribution in [2.45, 2.75) is 31.8 Å². The number of nitrogens with one attached hydrogen (secondary N) is 1. The monoisotopic (exact) mass is 280 g/mol. The number of nitrogens with zero attached hydrogens (tertiary/aromatic N) is 1. The van der Waals surface area contributed by atoms with Gasteiger partial charge < -0.3 is 15.3 Å². The fourth-order valence-corrected chi connectivity index (χ4v) is 2.37. The summed E-state index contributed by atoms with van der Waals surface area (Å²) in [5.41, 5.74) is 0.769. The zero-order chi connectivity index (χ0) is 14.7. The SMILES string of the molecule is CC(NC(=O)N1CCCC1C(=O)O)c1ccc(F)cc1. The molecule has 1 aromatic rings. The van der Waals surface area contributed by atoms with Crippen LogP contribution in [0.4, 0.5) is 9.18 Å². The van der Waals surface area contributed by atoms with Gasteiger partial charge in [-0.25, -0.2) is 14.0 Å². The summed E-state index contributed by atoms with van der Waals surface area (Å²) < 4.78 is 12.8. The summed E-state index contributed by atoms with van der Waals surface area (Å²) in [6.07, 6.45) is 1.17. The molecule has 0 aromatic heterocycles. The Kier molecular flexibility index (Phi) is 4.22. The Morgan fingerprint density at radius 3 is 2.65 bits per heavy atom. The second-order valence-electron chi connectivity index (χ2n) is 4.91. The Balaban J connectivity index is 2.00. The first-order chi connectivity index (χ1) is 9.49. The van der Waals surface area contributed by atoms with Gasteiger partial charge in [-0.3, -0.25) is 0 Å². The van der Waals surface area contributed by atoms with Crippen LogP contribution in [0.15, 0.2) is 24.3 Å². The van der Waals surface area contributed by atoms with Crippen LogP contribution in [-0.4, -0.2) is 34.6 Å². The molecule has 20 heavy (non-hydrogen) atoms. The van der Waals surface area contributed by atoms with E-state index in [1.165, 1.54) is 17.0 Å². The van der Waals surface area contributed by atoms with E-state index in [9.17, 15) is 14.0 Å². The molecular formula is C14H17FN2O3. The van der Waals surface area contributed by atoms with Crippen molar-refractivity contribution in [2.24, 2.45) is 0 Å². The number of carboxylic acids is 1. The average Bonchev–Trinajstić information content (AvgIpc) is 2.88. The smallest absolute Gasteiger partial charge is 0.326 e. The summed E-state index contributed by atoms with van der Waals surface area (Å²) in [6.45, 7) is 2.22. The van der Waals surface area contributed by atoms with Crippen LogP contribution in [0, 0.1) is 5.82 Å². The van der Waals surface area contributed by atoms with Gasteiger partial charge in [-0.2, -0.15) is 0 Å². The second kappa shape index (κ2) is 5.90. The van der Waals surface area contributed by atoms with Gasteiger partial charge in [0.1, 0.15) is 11.9 Å². The fraction of sp³-hybridized carbons (Fsp3) is 0.429. The maximum Gasteiger partial charge on any atom is 0.326 e. The Bertz CT molecular complexity index is 504. The predicted molar refractivity (Wildman–Crippen MR) is 70.7 cm³/mol. The number of benzene rings is 1. The average molecular weight is 280 g/mol. The number of aliphatic carboxylic acids is 1. The number of amides is 2. The highest BCUT2D eigenvalue weighted by Crippen LogP contribution is 2.19. The highest BCUT2D eigenvalue weighted by atomic mass is 19.1. The molecule has 0 bridgehead atoms. The minimum atomic E-state index is -0.980. The molecule has 1 saturated heterocycles. The third-order valence-electron chi connectivity index (χ3n) is 3.51. The second-order valence-corrected chi connectivity index (χ2v) is 4.91. The van der Waals surface area contributed by atoms with Gasteiger partial charge >= 0.3 is 12.0 Å². The summed E-state index contributed by atoms with van der Waals surface area (Å²) in [5, 5.41) is 11.8. The van der Waals surface area contributed by atoms with Gasteiger partial charge in [-0.1, -0.05) is 12.1 Å². The molecule has 108 valence electrons. The van der Waals surface area contributed by atoms with Crippen molar-refractivity contribution in [1.29, 1.82) is 0 Å². The third kappa shape index (κ3) is 3.07. The lowest BCUT2D eigenvalue weighted by Gasteiger charge is -2.24. The zero-order valence-electron chi connectivity index (χ0n) is 11.2. The normalized spacial score (nSPS) is 19.7. The van der Waals surface area contributed by atoms with Crippen LogP contribution in [0.3, 0.4) is 0 Å². The molecule has 0 saturated carbocycles. The Hall–Kier alpha value is -2.11. The fourth-order valence-electron chi connectivity index (χ4n) is 2.37. The first kappa shape index (κ1) is 14.3. The number of hydrogen-bond acceptors (Lipinski definition) is 2. The van der Waals surface area contributed by atoms with E-state index in [0.717, 1.165) is 5.56 Å². The molecule has 2 unspecified atom stereocenters. The summed E-state index contributed by atoms with van der Waals surface area (Å²) in [5.74, 6) is -1.31. The molecule has 2 N–H and O–H groups in total. The van der Waals surface area contributed by atoms with Gasteiger partial charge in [0.05, 0.1) is 6.04 Å². The Morgan fingerprint density at radius 1 is 1.40 bits per heavy atom. The highest BCUT2D eigenvalue weighted by Gasteiger charge is 2.34. The van der Waals surface area contributed by atoms with Crippen molar-refractivity contribution in [3.63, 3.8) is 0 Å². The number of urea groups is 1. The van der Waals surface area contributed by atoms with Crippen LogP contribution >= 0.6 is 0 Å². The van der Waals surface area contributed by atoms with Gasteiger partial charge in [-0.05, 0) is 37.5 Å². The lowest BCUT2D eigenvalue weighted by molar-refractivity contribution is -0.141. The van der Waals surface area contributed by atoms with Crippen LogP contribution in [0.2, 0.25) is 0 Å². The summed E-state index contributed by atoms with van der Waals surface area (Å²) >= 11 is 0. The number of hydrogen-bond donors (Lipinski definition) is 2. The summed E-state index contributed by atoms with van der Waals surface area (Å²) in [4.78, 5) is 24.5. The highest BCUT2D eigenvalue weighted by molar-refractivity contribution is 5.83. The molecule has 1 fully saturated rings. The molecule has 5 nitrogen and oxygen atoms in total. The molecule has 0 spiro atoms. The lowest BCUT2D eigenvalue weighted by atomic mass is 10.1. The first-order valence-electron chi connectivity index (χ1n) is 6.54. The molecule has 0 radical (unpaired) electrons. The Morgan fingerprint density at radius 2 is 2.05 bits per heavy atom. The third-order valence-corrected chi connectivity index (χ3v) is 3.51. The van der Waals surface area contributed by atoms with E-state index >= 15 is 0 Å². The molecular weight excluding hydrogens is 263 g/mol. The van der Waals surface area contributed by atoms with E-state index < -0.39 is 18.0 Å². The largest absolute Gasteiger partial charge is 0.480 e. The molecule has 1 heterocycles. The maximum atomic E-state index is 12.8. The van der Waals surface area contributed by atoms with E-state index in [1.807, 2.05) is 0 Å². The topological polar surface area (TPSA) is 69.6 Å². The number of rotatable bonds is 3. The van der Waals surface area contributed by atoms with Crippen molar-refractivity contribution in [2.75, 3.05) is 6.54 Å². The lowest BCUT2D eigenvalue weighted by Crippen LogP contribution is -2.46. The van der Waals surface area contributed by atoms with E-state index in [2.05, 4.69) is 5.32 Å². The molecule has 6 heteroatoms. The van der Waals surface area contributed by atoms with E-state index in [4.69, 9.17) is 5.11 Å². The maximum absolute atomic E-state index is 12.8. The van der Waals surface area contributed by atoms with Crippen LogP contribution in [0.25, 0.3) is 0 Å². The van der Waals surface area contributed by atoms with Crippen LogP contribution < -0.4 is 5.32 Å². The molecule has 1 aliphatic rings. The van der Waals surface area contributed by atoms with Crippen LogP contribution in [0.1, 0.15) is 31.4 Å². The first-order valence-corrected chi connectivity index (χ1v) is 6.54. The number of carbonyl (C=O) groups is 2. The van der Waals surface area contributed by atoms with Gasteiger partial charge in [0.15, 0.2) is 0 Å². The number of carbonyl (C=O) groups excluding carboxylic acids is 1. The number of halogens is 1. The number of carboxylic acid groups (broad SMARTS) is 1. The molecule has 1 aliphatic heterocycles. The number of likely N-dealkylation sites (tertiary alicyclic amines) is 1. The van der Waals surface area contributed by atoms with E-state index in [0.29, 0.717) is 19.4 Å². The van der Waals surface area contributed by atoms with Crippen molar-refractivity contribution in [3.05, 3.63) is 35.6 Å². The quantitative estimate of drug-likeness (QED) is 0.891. The minimum Gasteiger partial charge on any atom is -0.480 e. The van der Waals surface area contributed by atoms with Crippen molar-refractivity contribution in [3.8, 4) is 0 Å². The minimum absolute atomic E-state index is 0.307. The molecule has 1 aromatic carbocycles. The van der Waals surface area contributed by atoms with Crippen LogP contribution in [-0.2, 0) is 4.79 Å². The molecule has 2 rings (SSSR count). The van der Waals surface area contributed by atoms with Gasteiger partial charge in [0.2, 0.25) is 0 Å². The van der Waals surface area contributed by atoms with Crippen LogP contribution in [0.5, 0.6) is 0 Å². The summed E-state index contributed by atoms with van der Waals surface area (Å²) in [7, 11) is 0. The van der Waals surface area contributed by atoms with E-state index in [-0.39, 0.29) is 11.9 Å². The van der Waals surface area contributed by atoms with Gasteiger partial charge in [-0.15, -0.1) is 0 Å². The Labute approximate surface area is 116 Å². The van der Waals surface area contributed by atoms with Gasteiger partial charge in [0.25, 0.3) is 0 Å². The zero-order valence-corrected chi connectivity index (χ0v) is 11.2. The van der Waals surface area contributed by atoms with Crippen molar-refractivity contribution in [1.82, 2.24) is 10.2 Å². The van der Waals surface area contributed by atoms with Crippen molar-refractivity contribution < 1.29 is 19.1 Å². The predicted octanol–water partition coefficient (Wildman–Crippen LogP) is 2.15. The summed E-state index contributed by atoms with van der Waals surface area (Å²) in [6, 6.07) is 4.39. The molecule has 2 atom stereocenters. The van der Waals surface area contributed by atoms with Gasteiger partial charge in [0, 0.05) is 6.54 Å². The molecule has 2 amide bonds.